The quantitative estimate of drug-likeness (QED) is 0.316. The molecule has 1 heterocycles. The van der Waals surface area contributed by atoms with Crippen molar-refractivity contribution >= 4 is 64.5 Å². The highest BCUT2D eigenvalue weighted by atomic mass is 35.6. The average molecular weight is 488 g/mol. The summed E-state index contributed by atoms with van der Waals surface area (Å²) in [5.74, 6) is -0.631. The normalized spacial score (nSPS) is 19.5. The van der Waals surface area contributed by atoms with Crippen molar-refractivity contribution in [2.45, 2.75) is 27.7 Å². The van der Waals surface area contributed by atoms with Crippen molar-refractivity contribution < 1.29 is 28.2 Å². The van der Waals surface area contributed by atoms with Crippen LogP contribution in [0.1, 0.15) is 5.56 Å². The smallest absolute Gasteiger partial charge is 0.430 e. The summed E-state index contributed by atoms with van der Waals surface area (Å²) in [7, 11) is 0. The van der Waals surface area contributed by atoms with Gasteiger partial charge >= 0.3 is 6.16 Å². The van der Waals surface area contributed by atoms with Crippen LogP contribution in [0.4, 0.5) is 9.18 Å². The van der Waals surface area contributed by atoms with Crippen LogP contribution in [0.2, 0.25) is 0 Å². The summed E-state index contributed by atoms with van der Waals surface area (Å²) in [5.41, 5.74) is 0.813. The SMILES string of the molecule is O=C(Cc1ccccc1)NC1C(=O)NC1SCC(CF)OC(=O)OCC(Cl)(Cl)Cl. The topological polar surface area (TPSA) is 93.7 Å². The molecule has 0 bridgehead atoms. The van der Waals surface area contributed by atoms with Crippen LogP contribution < -0.4 is 10.6 Å². The first-order valence-electron chi connectivity index (χ1n) is 8.39. The van der Waals surface area contributed by atoms with Crippen LogP contribution in [0, 0.1) is 0 Å². The Bertz CT molecular complexity index is 723. The summed E-state index contributed by atoms with van der Waals surface area (Å²) >= 11 is 17.5. The Kier molecular flexibility index (Phi) is 9.13. The van der Waals surface area contributed by atoms with Crippen molar-refractivity contribution in [3.63, 3.8) is 0 Å². The summed E-state index contributed by atoms with van der Waals surface area (Å²) in [6, 6.07) is 8.31. The van der Waals surface area contributed by atoms with Gasteiger partial charge in [0.05, 0.1) is 6.42 Å². The summed E-state index contributed by atoms with van der Waals surface area (Å²) in [4.78, 5) is 35.4. The van der Waals surface area contributed by atoms with E-state index in [9.17, 15) is 18.8 Å². The molecule has 1 aromatic carbocycles. The van der Waals surface area contributed by atoms with E-state index < -0.39 is 40.7 Å². The maximum atomic E-state index is 13.1. The van der Waals surface area contributed by atoms with Crippen LogP contribution in [0.25, 0.3) is 0 Å². The van der Waals surface area contributed by atoms with Gasteiger partial charge in [0.1, 0.15) is 30.8 Å². The van der Waals surface area contributed by atoms with E-state index in [1.807, 2.05) is 18.2 Å². The molecule has 2 rings (SSSR count). The summed E-state index contributed by atoms with van der Waals surface area (Å²) < 4.78 is 20.7. The number of hydrogen-bond donors (Lipinski definition) is 2. The number of benzene rings is 1. The van der Waals surface area contributed by atoms with Crippen molar-refractivity contribution in [1.82, 2.24) is 10.6 Å². The molecule has 0 radical (unpaired) electrons. The van der Waals surface area contributed by atoms with Gasteiger partial charge in [-0.25, -0.2) is 9.18 Å². The zero-order valence-corrected chi connectivity index (χ0v) is 18.0. The van der Waals surface area contributed by atoms with Gasteiger partial charge in [-0.15, -0.1) is 11.8 Å². The first kappa shape index (κ1) is 23.9. The lowest BCUT2D eigenvalue weighted by molar-refractivity contribution is -0.134. The van der Waals surface area contributed by atoms with Crippen molar-refractivity contribution in [2.24, 2.45) is 0 Å². The number of halogens is 4. The maximum Gasteiger partial charge on any atom is 0.508 e. The fraction of sp³-hybridized carbons (Fsp3) is 0.471. The summed E-state index contributed by atoms with van der Waals surface area (Å²) in [5, 5.41) is 4.77. The first-order chi connectivity index (χ1) is 13.7. The molecule has 1 aromatic rings. The lowest BCUT2D eigenvalue weighted by Crippen LogP contribution is -2.68. The predicted octanol–water partition coefficient (Wildman–Crippen LogP) is 2.76. The predicted molar refractivity (Wildman–Crippen MR) is 109 cm³/mol. The van der Waals surface area contributed by atoms with Gasteiger partial charge in [0.15, 0.2) is 0 Å². The van der Waals surface area contributed by atoms with Crippen molar-refractivity contribution in [3.8, 4) is 0 Å². The Morgan fingerprint density at radius 1 is 1.28 bits per heavy atom. The summed E-state index contributed by atoms with van der Waals surface area (Å²) in [6.45, 7) is -1.52. The Morgan fingerprint density at radius 2 is 1.97 bits per heavy atom. The first-order valence-corrected chi connectivity index (χ1v) is 10.6. The minimum Gasteiger partial charge on any atom is -0.430 e. The van der Waals surface area contributed by atoms with Crippen LogP contribution >= 0.6 is 46.6 Å². The Morgan fingerprint density at radius 3 is 2.55 bits per heavy atom. The van der Waals surface area contributed by atoms with E-state index in [1.165, 1.54) is 0 Å². The third kappa shape index (κ3) is 8.46. The van der Waals surface area contributed by atoms with E-state index in [1.54, 1.807) is 12.1 Å². The molecule has 0 aliphatic carbocycles. The second-order valence-electron chi connectivity index (χ2n) is 6.02. The van der Waals surface area contributed by atoms with Gasteiger partial charge in [0.25, 0.3) is 0 Å². The number of β-lactam (4-membered cyclic amide) rings is 1. The molecule has 0 saturated carbocycles. The number of hydrogen-bond acceptors (Lipinski definition) is 6. The Balaban J connectivity index is 1.76. The molecule has 3 unspecified atom stereocenters. The minimum absolute atomic E-state index is 0.0232. The molecular formula is C17H18Cl3FN2O5S. The van der Waals surface area contributed by atoms with E-state index in [4.69, 9.17) is 39.5 Å². The second-order valence-corrected chi connectivity index (χ2v) is 9.71. The highest BCUT2D eigenvalue weighted by Crippen LogP contribution is 2.26. The van der Waals surface area contributed by atoms with Crippen LogP contribution in [-0.2, 0) is 25.5 Å². The average Bonchev–Trinajstić information content (AvgIpc) is 2.67. The molecule has 29 heavy (non-hydrogen) atoms. The highest BCUT2D eigenvalue weighted by Gasteiger charge is 2.41. The molecular weight excluding hydrogens is 470 g/mol. The number of amides is 2. The van der Waals surface area contributed by atoms with Gasteiger partial charge in [-0.05, 0) is 5.56 Å². The van der Waals surface area contributed by atoms with Crippen molar-refractivity contribution in [1.29, 1.82) is 0 Å². The van der Waals surface area contributed by atoms with Crippen LogP contribution in [-0.4, -0.2) is 58.3 Å². The molecule has 0 aromatic heterocycles. The lowest BCUT2D eigenvalue weighted by Gasteiger charge is -2.37. The van der Waals surface area contributed by atoms with E-state index in [0.29, 0.717) is 0 Å². The molecule has 1 aliphatic rings. The third-order valence-corrected chi connectivity index (χ3v) is 5.28. The van der Waals surface area contributed by atoms with Gasteiger partial charge < -0.3 is 20.1 Å². The second kappa shape index (κ2) is 11.1. The number of thioether (sulfide) groups is 1. The van der Waals surface area contributed by atoms with Gasteiger partial charge in [-0.1, -0.05) is 65.1 Å². The zero-order chi connectivity index (χ0) is 21.4. The van der Waals surface area contributed by atoms with E-state index in [2.05, 4.69) is 15.4 Å². The number of alkyl halides is 4. The van der Waals surface area contributed by atoms with Crippen molar-refractivity contribution in [3.05, 3.63) is 35.9 Å². The minimum atomic E-state index is -1.81. The molecule has 2 N–H and O–H groups in total. The molecule has 3 atom stereocenters. The number of ether oxygens (including phenoxy) is 2. The number of carbonyl (C=O) groups is 3. The molecule has 1 fully saturated rings. The maximum absolute atomic E-state index is 13.1. The molecule has 12 heteroatoms. The van der Waals surface area contributed by atoms with E-state index >= 15 is 0 Å². The third-order valence-electron chi connectivity index (χ3n) is 3.64. The van der Waals surface area contributed by atoms with Crippen molar-refractivity contribution in [2.75, 3.05) is 19.0 Å². The monoisotopic (exact) mass is 486 g/mol. The Hall–Kier alpha value is -1.42. The Labute approximate surface area is 185 Å². The fourth-order valence-electron chi connectivity index (χ4n) is 2.27. The van der Waals surface area contributed by atoms with Gasteiger partial charge in [-0.3, -0.25) is 9.59 Å². The highest BCUT2D eigenvalue weighted by molar-refractivity contribution is 8.00. The van der Waals surface area contributed by atoms with Gasteiger partial charge in [-0.2, -0.15) is 0 Å². The van der Waals surface area contributed by atoms with Crippen LogP contribution in [0.15, 0.2) is 30.3 Å². The van der Waals surface area contributed by atoms with Gasteiger partial charge in [0, 0.05) is 5.75 Å². The van der Waals surface area contributed by atoms with Crippen LogP contribution in [0.3, 0.4) is 0 Å². The fourth-order valence-corrected chi connectivity index (χ4v) is 3.60. The van der Waals surface area contributed by atoms with Crippen LogP contribution in [0.5, 0.6) is 0 Å². The van der Waals surface area contributed by atoms with E-state index in [0.717, 1.165) is 17.3 Å². The van der Waals surface area contributed by atoms with Gasteiger partial charge in [0.2, 0.25) is 15.6 Å². The lowest BCUT2D eigenvalue weighted by atomic mass is 10.1. The molecule has 2 amide bonds. The summed E-state index contributed by atoms with van der Waals surface area (Å²) in [6.07, 6.45) is -2.17. The van der Waals surface area contributed by atoms with E-state index in [-0.39, 0.29) is 24.0 Å². The zero-order valence-electron chi connectivity index (χ0n) is 14.9. The molecule has 0 spiro atoms. The standard InChI is InChI=1S/C17H18Cl3FN2O5S/c18-17(19,20)9-27-16(26)28-11(7-21)8-29-15-13(14(25)23-15)22-12(24)6-10-4-2-1-3-5-10/h1-5,11,13,15H,6-9H2,(H,22,24)(H,23,25). The number of carbonyl (C=O) groups excluding carboxylic acids is 3. The molecule has 1 aliphatic heterocycles. The molecule has 160 valence electrons. The molecule has 1 saturated heterocycles. The largest absolute Gasteiger partial charge is 0.508 e. The number of nitrogens with one attached hydrogen (secondary N) is 2. The molecule has 7 nitrogen and oxygen atoms in total. The number of rotatable bonds is 9.